The molecular formula is C21H19NO5. The highest BCUT2D eigenvalue weighted by molar-refractivity contribution is 6.10. The number of hydrogen-bond acceptors (Lipinski definition) is 5. The first-order valence-electron chi connectivity index (χ1n) is 8.79. The van der Waals surface area contributed by atoms with Crippen LogP contribution in [-0.2, 0) is 19.0 Å². The van der Waals surface area contributed by atoms with Crippen LogP contribution in [0.1, 0.15) is 22.0 Å². The van der Waals surface area contributed by atoms with E-state index in [-0.39, 0.29) is 12.4 Å². The number of fused-ring (bicyclic) bond motifs is 1. The molecule has 0 saturated carbocycles. The van der Waals surface area contributed by atoms with Crippen molar-refractivity contribution in [2.45, 2.75) is 12.2 Å². The van der Waals surface area contributed by atoms with Crippen LogP contribution < -0.4 is 0 Å². The quantitative estimate of drug-likeness (QED) is 0.555. The molecule has 2 atom stereocenters. The molecule has 0 unspecified atom stereocenters. The Morgan fingerprint density at radius 1 is 1.04 bits per heavy atom. The topological polar surface area (TPSA) is 77.6 Å². The number of esters is 1. The molecule has 0 aliphatic carbocycles. The van der Waals surface area contributed by atoms with Gasteiger partial charge < -0.3 is 19.2 Å². The normalized spacial score (nSPS) is 18.1. The fourth-order valence-electron chi connectivity index (χ4n) is 3.13. The number of H-pyrrole nitrogens is 1. The third kappa shape index (κ3) is 3.63. The molecule has 6 heteroatoms. The Bertz CT molecular complexity index is 943. The van der Waals surface area contributed by atoms with Gasteiger partial charge in [-0.3, -0.25) is 4.79 Å². The Labute approximate surface area is 156 Å². The molecule has 2 heterocycles. The van der Waals surface area contributed by atoms with Gasteiger partial charge in [0.25, 0.3) is 0 Å². The first kappa shape index (κ1) is 17.5. The van der Waals surface area contributed by atoms with Crippen molar-refractivity contribution in [1.29, 1.82) is 0 Å². The largest absolute Gasteiger partial charge is 0.447 e. The number of Topliss-reactive ketones (excluding diaryl/α,β-unsaturated/α-hetero) is 1. The Hall–Kier alpha value is -2.96. The Balaban J connectivity index is 1.65. The van der Waals surface area contributed by atoms with Crippen LogP contribution >= 0.6 is 0 Å². The Kier molecular flexibility index (Phi) is 5.00. The van der Waals surface area contributed by atoms with Crippen molar-refractivity contribution < 1.29 is 23.8 Å². The molecule has 1 aromatic heterocycles. The van der Waals surface area contributed by atoms with Gasteiger partial charge in [0.05, 0.1) is 19.8 Å². The number of ketones is 1. The summed E-state index contributed by atoms with van der Waals surface area (Å²) in [5.74, 6) is -0.888. The second-order valence-corrected chi connectivity index (χ2v) is 6.27. The van der Waals surface area contributed by atoms with E-state index in [0.717, 1.165) is 10.9 Å². The smallest absolute Gasteiger partial charge is 0.338 e. The van der Waals surface area contributed by atoms with E-state index in [1.807, 2.05) is 30.3 Å². The lowest BCUT2D eigenvalue weighted by Gasteiger charge is -2.24. The summed E-state index contributed by atoms with van der Waals surface area (Å²) < 4.78 is 16.3. The average molecular weight is 365 g/mol. The van der Waals surface area contributed by atoms with Crippen LogP contribution in [0.5, 0.6) is 0 Å². The molecule has 138 valence electrons. The van der Waals surface area contributed by atoms with Gasteiger partial charge in [0.1, 0.15) is 0 Å². The summed E-state index contributed by atoms with van der Waals surface area (Å²) in [5, 5.41) is 0.789. The number of ether oxygens (including phenoxy) is 3. The molecule has 1 aliphatic heterocycles. The number of carbonyl (C=O) groups excluding carboxylic acids is 2. The van der Waals surface area contributed by atoms with Crippen molar-refractivity contribution in [3.63, 3.8) is 0 Å². The minimum absolute atomic E-state index is 0.127. The van der Waals surface area contributed by atoms with Gasteiger partial charge in [-0.2, -0.15) is 0 Å². The van der Waals surface area contributed by atoms with Gasteiger partial charge in [0.15, 0.2) is 12.2 Å². The molecule has 0 amide bonds. The number of aromatic nitrogens is 1. The Morgan fingerprint density at radius 2 is 1.81 bits per heavy atom. The molecule has 1 N–H and O–H groups in total. The predicted molar refractivity (Wildman–Crippen MR) is 98.5 cm³/mol. The summed E-state index contributed by atoms with van der Waals surface area (Å²) in [5.41, 5.74) is 1.94. The van der Waals surface area contributed by atoms with Crippen LogP contribution in [0.4, 0.5) is 0 Å². The predicted octanol–water partition coefficient (Wildman–Crippen LogP) is 3.05. The lowest BCUT2D eigenvalue weighted by atomic mass is 9.99. The van der Waals surface area contributed by atoms with E-state index < -0.39 is 18.2 Å². The average Bonchev–Trinajstić information content (AvgIpc) is 3.17. The molecule has 1 fully saturated rings. The molecule has 0 radical (unpaired) electrons. The van der Waals surface area contributed by atoms with Crippen molar-refractivity contribution in [2.24, 2.45) is 0 Å². The van der Waals surface area contributed by atoms with Crippen LogP contribution in [0.15, 0.2) is 60.8 Å². The van der Waals surface area contributed by atoms with Crippen molar-refractivity contribution >= 4 is 22.7 Å². The zero-order valence-corrected chi connectivity index (χ0v) is 14.6. The number of aromatic amines is 1. The summed E-state index contributed by atoms with van der Waals surface area (Å²) in [4.78, 5) is 28.9. The van der Waals surface area contributed by atoms with Crippen LogP contribution in [0.25, 0.3) is 10.9 Å². The third-order valence-corrected chi connectivity index (χ3v) is 4.51. The van der Waals surface area contributed by atoms with Crippen LogP contribution in [-0.4, -0.2) is 42.7 Å². The molecule has 4 rings (SSSR count). The molecule has 2 aromatic carbocycles. The van der Waals surface area contributed by atoms with Crippen LogP contribution in [0.3, 0.4) is 0 Å². The van der Waals surface area contributed by atoms with Gasteiger partial charge in [-0.1, -0.05) is 48.5 Å². The van der Waals surface area contributed by atoms with E-state index in [9.17, 15) is 9.59 Å². The number of nitrogens with one attached hydrogen (secondary N) is 1. The number of rotatable bonds is 5. The molecule has 3 aromatic rings. The van der Waals surface area contributed by atoms with Gasteiger partial charge in [-0.25, -0.2) is 4.79 Å². The van der Waals surface area contributed by atoms with E-state index >= 15 is 0 Å². The van der Waals surface area contributed by atoms with E-state index in [1.54, 1.807) is 30.5 Å². The van der Waals surface area contributed by atoms with Crippen LogP contribution in [0, 0.1) is 0 Å². The number of para-hydroxylation sites is 1. The summed E-state index contributed by atoms with van der Waals surface area (Å²) in [7, 11) is 0. The fraction of sp³-hybridized carbons (Fsp3) is 0.238. The summed E-state index contributed by atoms with van der Waals surface area (Å²) in [6.07, 6.45) is -0.221. The molecule has 1 aliphatic rings. The SMILES string of the molecule is O=C(O[C@H](C(=O)c1c[nH]c2ccccc12)c1ccccc1)[C@@H]1COCCO1. The van der Waals surface area contributed by atoms with Gasteiger partial charge in [-0.05, 0) is 6.07 Å². The maximum Gasteiger partial charge on any atom is 0.338 e. The van der Waals surface area contributed by atoms with Crippen LogP contribution in [0.2, 0.25) is 0 Å². The highest BCUT2D eigenvalue weighted by Gasteiger charge is 2.32. The molecule has 27 heavy (non-hydrogen) atoms. The second kappa shape index (κ2) is 7.73. The van der Waals surface area contributed by atoms with Gasteiger partial charge in [0, 0.05) is 28.2 Å². The minimum atomic E-state index is -1.05. The first-order chi connectivity index (χ1) is 13.2. The molecule has 0 bridgehead atoms. The molecule has 6 nitrogen and oxygen atoms in total. The maximum absolute atomic E-state index is 13.3. The van der Waals surface area contributed by atoms with E-state index in [1.165, 1.54) is 0 Å². The van der Waals surface area contributed by atoms with E-state index in [0.29, 0.717) is 24.3 Å². The van der Waals surface area contributed by atoms with Crippen molar-refractivity contribution in [2.75, 3.05) is 19.8 Å². The fourth-order valence-corrected chi connectivity index (χ4v) is 3.13. The van der Waals surface area contributed by atoms with Gasteiger partial charge in [-0.15, -0.1) is 0 Å². The molecular weight excluding hydrogens is 346 g/mol. The summed E-state index contributed by atoms with van der Waals surface area (Å²) in [6.45, 7) is 0.897. The Morgan fingerprint density at radius 3 is 2.59 bits per heavy atom. The second-order valence-electron chi connectivity index (χ2n) is 6.27. The van der Waals surface area contributed by atoms with Gasteiger partial charge >= 0.3 is 5.97 Å². The lowest BCUT2D eigenvalue weighted by molar-refractivity contribution is -0.174. The summed E-state index contributed by atoms with van der Waals surface area (Å²) >= 11 is 0. The lowest BCUT2D eigenvalue weighted by Crippen LogP contribution is -2.38. The van der Waals surface area contributed by atoms with Crippen molar-refractivity contribution in [3.05, 3.63) is 71.9 Å². The zero-order valence-electron chi connectivity index (χ0n) is 14.6. The highest BCUT2D eigenvalue weighted by Crippen LogP contribution is 2.27. The monoisotopic (exact) mass is 365 g/mol. The summed E-state index contributed by atoms with van der Waals surface area (Å²) in [6, 6.07) is 16.5. The standard InChI is InChI=1S/C21H19NO5/c23-19(16-12-22-17-9-5-4-8-15(16)17)20(14-6-2-1-3-7-14)27-21(24)18-13-25-10-11-26-18/h1-9,12,18,20,22H,10-11,13H2/t18-,20-/m0/s1. The van der Waals surface area contributed by atoms with Gasteiger partial charge in [0.2, 0.25) is 5.78 Å². The van der Waals surface area contributed by atoms with Crippen molar-refractivity contribution in [1.82, 2.24) is 4.98 Å². The minimum Gasteiger partial charge on any atom is -0.447 e. The third-order valence-electron chi connectivity index (χ3n) is 4.51. The molecule has 0 spiro atoms. The highest BCUT2D eigenvalue weighted by atomic mass is 16.6. The first-order valence-corrected chi connectivity index (χ1v) is 8.79. The number of benzene rings is 2. The molecule has 1 saturated heterocycles. The van der Waals surface area contributed by atoms with E-state index in [4.69, 9.17) is 14.2 Å². The number of hydrogen-bond donors (Lipinski definition) is 1. The van der Waals surface area contributed by atoms with Crippen molar-refractivity contribution in [3.8, 4) is 0 Å². The van der Waals surface area contributed by atoms with E-state index in [2.05, 4.69) is 4.98 Å². The zero-order chi connectivity index (χ0) is 18.6. The maximum atomic E-state index is 13.3. The number of carbonyl (C=O) groups is 2.